The molecule has 9 nitrogen and oxygen atoms in total. The van der Waals surface area contributed by atoms with Crippen molar-refractivity contribution in [3.8, 4) is 0 Å². The van der Waals surface area contributed by atoms with Gasteiger partial charge in [-0.2, -0.15) is 22.7 Å². The van der Waals surface area contributed by atoms with E-state index in [1.807, 2.05) is 0 Å². The van der Waals surface area contributed by atoms with E-state index in [1.165, 1.54) is 4.31 Å². The summed E-state index contributed by atoms with van der Waals surface area (Å²) in [5, 5.41) is 16.4. The third-order valence-corrected chi connectivity index (χ3v) is 4.95. The summed E-state index contributed by atoms with van der Waals surface area (Å²) < 4.78 is 28.2. The lowest BCUT2D eigenvalue weighted by atomic mass is 9.98. The van der Waals surface area contributed by atoms with Gasteiger partial charge in [0.25, 0.3) is 10.2 Å². The second kappa shape index (κ2) is 7.07. The van der Waals surface area contributed by atoms with Crippen LogP contribution in [0.2, 0.25) is 0 Å². The fraction of sp³-hybridized carbons (Fsp3) is 0.900. The second-order valence-corrected chi connectivity index (χ2v) is 6.56. The number of H-pyrrole nitrogens is 1. The number of nitrogens with one attached hydrogen (secondary N) is 3. The average molecular weight is 303 g/mol. The lowest BCUT2D eigenvalue weighted by Crippen LogP contribution is -2.46. The Labute approximate surface area is 118 Å². The smallest absolute Gasteiger partial charge is 0.279 e. The van der Waals surface area contributed by atoms with Crippen LogP contribution in [0.1, 0.15) is 25.6 Å². The number of aromatic nitrogens is 4. The van der Waals surface area contributed by atoms with Crippen LogP contribution >= 0.6 is 0 Å². The molecule has 20 heavy (non-hydrogen) atoms. The van der Waals surface area contributed by atoms with E-state index in [9.17, 15) is 8.42 Å². The first-order chi connectivity index (χ1) is 9.62. The van der Waals surface area contributed by atoms with Gasteiger partial charge in [0.15, 0.2) is 5.82 Å². The van der Waals surface area contributed by atoms with Crippen LogP contribution in [-0.2, 0) is 16.8 Å². The second-order valence-electron chi connectivity index (χ2n) is 4.80. The van der Waals surface area contributed by atoms with Gasteiger partial charge in [-0.3, -0.25) is 0 Å². The van der Waals surface area contributed by atoms with Crippen LogP contribution in [0.4, 0.5) is 0 Å². The van der Waals surface area contributed by atoms with Crippen LogP contribution in [-0.4, -0.2) is 59.5 Å². The molecular weight excluding hydrogens is 282 g/mol. The first-order valence-electron chi connectivity index (χ1n) is 6.79. The molecule has 0 bridgehead atoms. The van der Waals surface area contributed by atoms with Crippen LogP contribution in [0.25, 0.3) is 0 Å². The van der Waals surface area contributed by atoms with Gasteiger partial charge in [-0.1, -0.05) is 12.1 Å². The molecule has 1 aromatic rings. The maximum atomic E-state index is 12.1. The summed E-state index contributed by atoms with van der Waals surface area (Å²) in [7, 11) is -3.46. The molecule has 0 aromatic carbocycles. The molecule has 114 valence electrons. The highest BCUT2D eigenvalue weighted by Crippen LogP contribution is 2.18. The third kappa shape index (κ3) is 4.20. The molecule has 1 aromatic heterocycles. The summed E-state index contributed by atoms with van der Waals surface area (Å²) in [6.07, 6.45) is 1.77. The van der Waals surface area contributed by atoms with E-state index in [4.69, 9.17) is 0 Å². The van der Waals surface area contributed by atoms with Gasteiger partial charge in [-0.15, -0.1) is 10.2 Å². The van der Waals surface area contributed by atoms with E-state index in [0.717, 1.165) is 25.9 Å². The minimum atomic E-state index is -3.46. The Morgan fingerprint density at radius 2 is 2.15 bits per heavy atom. The largest absolute Gasteiger partial charge is 0.317 e. The predicted molar refractivity (Wildman–Crippen MR) is 72.8 cm³/mol. The number of piperidine rings is 1. The van der Waals surface area contributed by atoms with Crippen LogP contribution in [0.15, 0.2) is 0 Å². The van der Waals surface area contributed by atoms with Crippen LogP contribution in [0.3, 0.4) is 0 Å². The molecule has 1 aliphatic heterocycles. The van der Waals surface area contributed by atoms with E-state index in [0.29, 0.717) is 24.8 Å². The van der Waals surface area contributed by atoms with Crippen molar-refractivity contribution in [1.82, 2.24) is 35.0 Å². The van der Waals surface area contributed by atoms with E-state index in [-0.39, 0.29) is 6.54 Å². The van der Waals surface area contributed by atoms with Crippen LogP contribution in [0.5, 0.6) is 0 Å². The van der Waals surface area contributed by atoms with Gasteiger partial charge in [0.2, 0.25) is 0 Å². The summed E-state index contributed by atoms with van der Waals surface area (Å²) in [4.78, 5) is 0. The quantitative estimate of drug-likeness (QED) is 0.586. The monoisotopic (exact) mass is 303 g/mol. The highest BCUT2D eigenvalue weighted by atomic mass is 32.2. The summed E-state index contributed by atoms with van der Waals surface area (Å²) in [6.45, 7) is 5.14. The lowest BCUT2D eigenvalue weighted by Gasteiger charge is -2.31. The Kier molecular flexibility index (Phi) is 5.40. The molecule has 1 saturated heterocycles. The number of rotatable bonds is 7. The topological polar surface area (TPSA) is 116 Å². The van der Waals surface area contributed by atoms with Gasteiger partial charge >= 0.3 is 0 Å². The normalized spacial score (nSPS) is 18.4. The van der Waals surface area contributed by atoms with Crippen molar-refractivity contribution in [2.45, 2.75) is 26.3 Å². The molecule has 2 rings (SSSR count). The molecule has 0 unspecified atom stereocenters. The molecule has 0 radical (unpaired) electrons. The van der Waals surface area contributed by atoms with E-state index in [1.54, 1.807) is 0 Å². The zero-order valence-electron chi connectivity index (χ0n) is 11.5. The first-order valence-corrected chi connectivity index (χ1v) is 8.23. The van der Waals surface area contributed by atoms with Crippen LogP contribution < -0.4 is 10.0 Å². The lowest BCUT2D eigenvalue weighted by molar-refractivity contribution is 0.266. The zero-order valence-corrected chi connectivity index (χ0v) is 12.4. The molecule has 0 aliphatic carbocycles. The minimum Gasteiger partial charge on any atom is -0.317 e. The molecule has 2 heterocycles. The molecule has 0 amide bonds. The maximum absolute atomic E-state index is 12.1. The van der Waals surface area contributed by atoms with Gasteiger partial charge < -0.3 is 5.32 Å². The Morgan fingerprint density at radius 1 is 1.40 bits per heavy atom. The molecule has 0 atom stereocenters. The predicted octanol–water partition coefficient (Wildman–Crippen LogP) is -1.14. The minimum absolute atomic E-state index is 0.0517. The van der Waals surface area contributed by atoms with Crippen molar-refractivity contribution in [3.63, 3.8) is 0 Å². The van der Waals surface area contributed by atoms with Crippen molar-refractivity contribution < 1.29 is 8.42 Å². The molecule has 1 fully saturated rings. The van der Waals surface area contributed by atoms with Crippen molar-refractivity contribution in [2.75, 3.05) is 26.2 Å². The number of tetrazole rings is 1. The number of aromatic amines is 1. The number of nitrogens with zero attached hydrogens (tertiary/aromatic N) is 4. The van der Waals surface area contributed by atoms with Gasteiger partial charge in [-0.25, -0.2) is 0 Å². The molecule has 0 saturated carbocycles. The highest BCUT2D eigenvalue weighted by Gasteiger charge is 2.27. The van der Waals surface area contributed by atoms with E-state index in [2.05, 4.69) is 37.6 Å². The van der Waals surface area contributed by atoms with Crippen LogP contribution in [0, 0.1) is 5.92 Å². The van der Waals surface area contributed by atoms with Gasteiger partial charge in [0.1, 0.15) is 0 Å². The number of hydrogen-bond acceptors (Lipinski definition) is 6. The van der Waals surface area contributed by atoms with E-state index < -0.39 is 10.2 Å². The number of hydrogen-bond donors (Lipinski definition) is 3. The van der Waals surface area contributed by atoms with Crippen molar-refractivity contribution >= 4 is 10.2 Å². The summed E-state index contributed by atoms with van der Waals surface area (Å²) in [5.41, 5.74) is 0. The molecule has 0 spiro atoms. The Morgan fingerprint density at radius 3 is 2.75 bits per heavy atom. The summed E-state index contributed by atoms with van der Waals surface area (Å²) >= 11 is 0. The Bertz CT molecular complexity index is 482. The summed E-state index contributed by atoms with van der Waals surface area (Å²) in [5.74, 6) is 0.884. The van der Waals surface area contributed by atoms with E-state index >= 15 is 0 Å². The maximum Gasteiger partial charge on any atom is 0.279 e. The Hall–Kier alpha value is -1.10. The van der Waals surface area contributed by atoms with Gasteiger partial charge in [0, 0.05) is 13.1 Å². The molecule has 3 N–H and O–H groups in total. The van der Waals surface area contributed by atoms with Crippen molar-refractivity contribution in [1.29, 1.82) is 0 Å². The molecule has 10 heteroatoms. The average Bonchev–Trinajstić information content (AvgIpc) is 2.97. The molecular formula is C10H21N7O2S. The standard InChI is InChI=1S/C10H21N7O2S/c1-2-11-7-9-3-5-17(6-4-9)20(18,19)12-8-10-13-15-16-14-10/h9,11-12H,2-8H2,1H3,(H,13,14,15,16). The fourth-order valence-corrected chi connectivity index (χ4v) is 3.39. The van der Waals surface area contributed by atoms with Gasteiger partial charge in [0.05, 0.1) is 6.54 Å². The first kappa shape index (κ1) is 15.3. The zero-order chi connectivity index (χ0) is 14.4. The van der Waals surface area contributed by atoms with Gasteiger partial charge in [-0.05, 0) is 31.8 Å². The van der Waals surface area contributed by atoms with Crippen molar-refractivity contribution in [3.05, 3.63) is 5.82 Å². The molecule has 1 aliphatic rings. The third-order valence-electron chi connectivity index (χ3n) is 3.40. The Balaban J connectivity index is 1.79. The van der Waals surface area contributed by atoms with Crippen molar-refractivity contribution in [2.24, 2.45) is 5.92 Å². The summed E-state index contributed by atoms with van der Waals surface area (Å²) in [6, 6.07) is 0. The highest BCUT2D eigenvalue weighted by molar-refractivity contribution is 7.87. The fourth-order valence-electron chi connectivity index (χ4n) is 2.21. The SMILES string of the molecule is CCNCC1CCN(S(=O)(=O)NCc2nn[nH]n2)CC1.